The van der Waals surface area contributed by atoms with Crippen molar-refractivity contribution >= 4 is 20.0 Å². The van der Waals surface area contributed by atoms with Gasteiger partial charge < -0.3 is 8.85 Å². The highest BCUT2D eigenvalue weighted by Crippen LogP contribution is 2.25. The standard InChI is InChI=1S/C16H24O2Si/c1-3-17-19(18-4-2)16-13-9-8-12-15(16)14-10-6-5-7-11-14/h8-10,12-13,19H,3-7,11H2,1-2H3. The van der Waals surface area contributed by atoms with Crippen LogP contribution in [0.2, 0.25) is 0 Å². The summed E-state index contributed by atoms with van der Waals surface area (Å²) in [4.78, 5) is 0. The highest BCUT2D eigenvalue weighted by atomic mass is 28.3. The summed E-state index contributed by atoms with van der Waals surface area (Å²) in [6, 6.07) is 8.63. The van der Waals surface area contributed by atoms with E-state index in [4.69, 9.17) is 8.85 Å². The van der Waals surface area contributed by atoms with E-state index in [0.29, 0.717) is 0 Å². The second-order valence-electron chi connectivity index (χ2n) is 4.81. The van der Waals surface area contributed by atoms with Crippen LogP contribution >= 0.6 is 0 Å². The monoisotopic (exact) mass is 276 g/mol. The van der Waals surface area contributed by atoms with Crippen molar-refractivity contribution in [1.82, 2.24) is 0 Å². The Kier molecular flexibility index (Phi) is 5.82. The Hall–Kier alpha value is -0.903. The molecule has 0 radical (unpaired) electrons. The third-order valence-electron chi connectivity index (χ3n) is 3.49. The molecule has 0 amide bonds. The normalized spacial score (nSPS) is 15.6. The van der Waals surface area contributed by atoms with Gasteiger partial charge >= 0.3 is 9.28 Å². The first-order valence-electron chi connectivity index (χ1n) is 7.38. The molecule has 104 valence electrons. The number of hydrogen-bond donors (Lipinski definition) is 0. The number of allylic oxidation sites excluding steroid dienone is 2. The summed E-state index contributed by atoms with van der Waals surface area (Å²) in [5, 5.41) is 1.30. The number of benzene rings is 1. The van der Waals surface area contributed by atoms with Crippen molar-refractivity contribution in [3.63, 3.8) is 0 Å². The fraction of sp³-hybridized carbons (Fsp3) is 0.500. The van der Waals surface area contributed by atoms with Crippen LogP contribution in [-0.2, 0) is 8.85 Å². The van der Waals surface area contributed by atoms with Crippen LogP contribution in [0.15, 0.2) is 30.3 Å². The predicted molar refractivity (Wildman–Crippen MR) is 82.9 cm³/mol. The van der Waals surface area contributed by atoms with Crippen LogP contribution in [0.1, 0.15) is 45.1 Å². The maximum Gasteiger partial charge on any atom is 0.356 e. The van der Waals surface area contributed by atoms with Gasteiger partial charge in [0.15, 0.2) is 0 Å². The molecule has 1 aliphatic rings. The molecule has 0 bridgehead atoms. The fourth-order valence-corrected chi connectivity index (χ4v) is 4.47. The zero-order valence-electron chi connectivity index (χ0n) is 12.0. The molecule has 0 unspecified atom stereocenters. The van der Waals surface area contributed by atoms with Gasteiger partial charge in [0.2, 0.25) is 0 Å². The van der Waals surface area contributed by atoms with Crippen LogP contribution in [0.3, 0.4) is 0 Å². The van der Waals surface area contributed by atoms with E-state index >= 15 is 0 Å². The summed E-state index contributed by atoms with van der Waals surface area (Å²) in [7, 11) is -1.74. The Morgan fingerprint density at radius 2 is 1.79 bits per heavy atom. The van der Waals surface area contributed by atoms with Crippen molar-refractivity contribution in [3.05, 3.63) is 35.9 Å². The molecule has 0 aromatic heterocycles. The molecule has 1 aromatic carbocycles. The Morgan fingerprint density at radius 1 is 1.05 bits per heavy atom. The summed E-state index contributed by atoms with van der Waals surface area (Å²) in [5.74, 6) is 0. The van der Waals surface area contributed by atoms with Crippen LogP contribution in [0, 0.1) is 0 Å². The molecule has 19 heavy (non-hydrogen) atoms. The van der Waals surface area contributed by atoms with Gasteiger partial charge in [-0.25, -0.2) is 0 Å². The van der Waals surface area contributed by atoms with Gasteiger partial charge in [0.1, 0.15) is 0 Å². The summed E-state index contributed by atoms with van der Waals surface area (Å²) in [6.07, 6.45) is 7.42. The molecule has 2 rings (SSSR count). The third-order valence-corrected chi connectivity index (χ3v) is 5.77. The summed E-state index contributed by atoms with van der Waals surface area (Å²) in [6.45, 7) is 5.54. The molecule has 0 atom stereocenters. The second-order valence-corrected chi connectivity index (χ2v) is 6.76. The quantitative estimate of drug-likeness (QED) is 0.743. The van der Waals surface area contributed by atoms with Gasteiger partial charge in [-0.05, 0) is 55.9 Å². The lowest BCUT2D eigenvalue weighted by atomic mass is 9.94. The predicted octanol–water partition coefficient (Wildman–Crippen LogP) is 3.14. The summed E-state index contributed by atoms with van der Waals surface area (Å²) in [5.41, 5.74) is 2.85. The molecule has 0 aliphatic heterocycles. The van der Waals surface area contributed by atoms with Crippen LogP contribution in [0.25, 0.3) is 5.57 Å². The van der Waals surface area contributed by atoms with Crippen molar-refractivity contribution in [3.8, 4) is 0 Å². The maximum absolute atomic E-state index is 5.89. The first-order valence-corrected chi connectivity index (χ1v) is 8.90. The number of hydrogen-bond acceptors (Lipinski definition) is 2. The first kappa shape index (κ1) is 14.5. The van der Waals surface area contributed by atoms with Gasteiger partial charge in [-0.1, -0.05) is 30.3 Å². The second kappa shape index (κ2) is 7.63. The van der Waals surface area contributed by atoms with Crippen molar-refractivity contribution in [2.24, 2.45) is 0 Å². The zero-order chi connectivity index (χ0) is 13.5. The van der Waals surface area contributed by atoms with Crippen LogP contribution in [0.5, 0.6) is 0 Å². The van der Waals surface area contributed by atoms with Gasteiger partial charge in [-0.2, -0.15) is 0 Å². The SMILES string of the molecule is CCO[SiH](OCC)c1ccccc1C1=CCCCC1. The van der Waals surface area contributed by atoms with Gasteiger partial charge in [0, 0.05) is 13.2 Å². The highest BCUT2D eigenvalue weighted by molar-refractivity contribution is 6.62. The van der Waals surface area contributed by atoms with Crippen molar-refractivity contribution in [2.45, 2.75) is 39.5 Å². The molecule has 1 aliphatic carbocycles. The van der Waals surface area contributed by atoms with E-state index in [1.165, 1.54) is 42.0 Å². The molecule has 3 heteroatoms. The Labute approximate surface area is 118 Å². The van der Waals surface area contributed by atoms with Gasteiger partial charge in [0.05, 0.1) is 0 Å². The maximum atomic E-state index is 5.89. The van der Waals surface area contributed by atoms with Crippen LogP contribution in [0.4, 0.5) is 0 Å². The third kappa shape index (κ3) is 3.78. The van der Waals surface area contributed by atoms with E-state index < -0.39 is 9.28 Å². The van der Waals surface area contributed by atoms with Crippen molar-refractivity contribution in [2.75, 3.05) is 13.2 Å². The molecule has 0 heterocycles. The number of rotatable bonds is 6. The largest absolute Gasteiger partial charge is 0.394 e. The molecule has 0 saturated heterocycles. The van der Waals surface area contributed by atoms with E-state index in [0.717, 1.165) is 13.2 Å². The van der Waals surface area contributed by atoms with Crippen LogP contribution in [-0.4, -0.2) is 22.5 Å². The Morgan fingerprint density at radius 3 is 2.42 bits per heavy atom. The molecule has 0 fully saturated rings. The van der Waals surface area contributed by atoms with Crippen molar-refractivity contribution < 1.29 is 8.85 Å². The first-order chi connectivity index (χ1) is 9.36. The van der Waals surface area contributed by atoms with Gasteiger partial charge in [0.25, 0.3) is 0 Å². The van der Waals surface area contributed by atoms with E-state index in [-0.39, 0.29) is 0 Å². The Balaban J connectivity index is 2.30. The molecule has 2 nitrogen and oxygen atoms in total. The molecule has 0 N–H and O–H groups in total. The molecule has 0 spiro atoms. The molecule has 0 saturated carbocycles. The Bertz CT molecular complexity index is 423. The summed E-state index contributed by atoms with van der Waals surface area (Å²) < 4.78 is 11.8. The lowest BCUT2D eigenvalue weighted by molar-refractivity contribution is 0.225. The smallest absolute Gasteiger partial charge is 0.356 e. The molecule has 1 aromatic rings. The average Bonchev–Trinajstić information content (AvgIpc) is 2.48. The van der Waals surface area contributed by atoms with E-state index in [1.807, 2.05) is 13.8 Å². The summed E-state index contributed by atoms with van der Waals surface area (Å²) >= 11 is 0. The minimum Gasteiger partial charge on any atom is -0.394 e. The van der Waals surface area contributed by atoms with Crippen LogP contribution < -0.4 is 5.19 Å². The lowest BCUT2D eigenvalue weighted by Gasteiger charge is -2.21. The molecular formula is C16H24O2Si. The van der Waals surface area contributed by atoms with E-state index in [1.54, 1.807) is 0 Å². The van der Waals surface area contributed by atoms with Crippen molar-refractivity contribution in [1.29, 1.82) is 0 Å². The zero-order valence-corrected chi connectivity index (χ0v) is 13.2. The fourth-order valence-electron chi connectivity index (χ4n) is 2.61. The minimum absolute atomic E-state index is 0.726. The van der Waals surface area contributed by atoms with Gasteiger partial charge in [-0.15, -0.1) is 0 Å². The van der Waals surface area contributed by atoms with E-state index in [2.05, 4.69) is 30.3 Å². The average molecular weight is 276 g/mol. The molecular weight excluding hydrogens is 252 g/mol. The van der Waals surface area contributed by atoms with Gasteiger partial charge in [-0.3, -0.25) is 0 Å². The minimum atomic E-state index is -1.74. The lowest BCUT2D eigenvalue weighted by Crippen LogP contribution is -2.39. The topological polar surface area (TPSA) is 18.5 Å². The van der Waals surface area contributed by atoms with E-state index in [9.17, 15) is 0 Å². The highest BCUT2D eigenvalue weighted by Gasteiger charge is 2.21.